The number of carbonyl (C=O) groups excluding carboxylic acids is 2. The summed E-state index contributed by atoms with van der Waals surface area (Å²) in [6, 6.07) is 15.4. The molecule has 2 amide bonds. The van der Waals surface area contributed by atoms with E-state index in [1.165, 1.54) is 4.90 Å². The third-order valence-electron chi connectivity index (χ3n) is 6.10. The third-order valence-corrected chi connectivity index (χ3v) is 6.10. The molecule has 0 aliphatic heterocycles. The van der Waals surface area contributed by atoms with Crippen molar-refractivity contribution in [3.63, 3.8) is 0 Å². The van der Waals surface area contributed by atoms with E-state index in [4.69, 9.17) is 9.84 Å². The minimum Gasteiger partial charge on any atom is -0.481 e. The Kier molecular flexibility index (Phi) is 9.06. The molecule has 1 aliphatic carbocycles. The second kappa shape index (κ2) is 12.2. The quantitative estimate of drug-likeness (QED) is 0.445. The molecule has 2 aromatic rings. The predicted molar refractivity (Wildman–Crippen MR) is 135 cm³/mol. The first kappa shape index (κ1) is 26.0. The molecule has 7 nitrogen and oxygen atoms in total. The van der Waals surface area contributed by atoms with Crippen LogP contribution in [0.25, 0.3) is 11.1 Å². The first-order chi connectivity index (χ1) is 16.8. The van der Waals surface area contributed by atoms with Crippen LogP contribution in [0.2, 0.25) is 0 Å². The molecule has 2 N–H and O–H groups in total. The molecular weight excluding hydrogens is 444 g/mol. The van der Waals surface area contributed by atoms with Crippen molar-refractivity contribution in [3.05, 3.63) is 71.3 Å². The molecule has 1 aliphatic rings. The van der Waals surface area contributed by atoms with Gasteiger partial charge in [0.05, 0.1) is 6.42 Å². The number of amides is 2. The number of ether oxygens (including phenoxy) is 1. The average Bonchev–Trinajstić information content (AvgIpc) is 3.16. The van der Waals surface area contributed by atoms with Gasteiger partial charge in [0.1, 0.15) is 12.6 Å². The van der Waals surface area contributed by atoms with Crippen molar-refractivity contribution in [1.82, 2.24) is 10.2 Å². The van der Waals surface area contributed by atoms with E-state index in [9.17, 15) is 14.4 Å². The number of allylic oxidation sites excluding steroid dienone is 1. The number of rotatable bonds is 11. The Balaban J connectivity index is 1.70. The van der Waals surface area contributed by atoms with Gasteiger partial charge in [-0.2, -0.15) is 0 Å². The number of carboxylic acid groups (broad SMARTS) is 1. The molecule has 0 fully saturated rings. The first-order valence-electron chi connectivity index (χ1n) is 12.1. The number of aliphatic carboxylic acids is 1. The van der Waals surface area contributed by atoms with Crippen LogP contribution in [0.5, 0.6) is 0 Å². The van der Waals surface area contributed by atoms with Crippen LogP contribution in [0.3, 0.4) is 0 Å². The average molecular weight is 479 g/mol. The summed E-state index contributed by atoms with van der Waals surface area (Å²) >= 11 is 0. The van der Waals surface area contributed by atoms with Crippen LogP contribution < -0.4 is 5.32 Å². The van der Waals surface area contributed by atoms with E-state index in [0.29, 0.717) is 19.4 Å². The standard InChI is InChI=1S/C28H34N2O5/c1-4-16-30(17-15-26(31)32)27(33)25(14-13-19(2)3)29-28(34)35-18-24-22-11-7-5-9-20(22)21-10-6-8-12-23(21)24/h5-13,24-25H,4,14-18H2,1-3H3,(H,29,34)(H,31,32). The van der Waals surface area contributed by atoms with Gasteiger partial charge in [-0.1, -0.05) is 67.1 Å². The molecular formula is C28H34N2O5. The minimum atomic E-state index is -0.968. The van der Waals surface area contributed by atoms with Crippen LogP contribution in [-0.2, 0) is 14.3 Å². The van der Waals surface area contributed by atoms with Gasteiger partial charge >= 0.3 is 12.1 Å². The topological polar surface area (TPSA) is 95.9 Å². The monoisotopic (exact) mass is 478 g/mol. The lowest BCUT2D eigenvalue weighted by molar-refractivity contribution is -0.139. The summed E-state index contributed by atoms with van der Waals surface area (Å²) in [5.74, 6) is -1.35. The van der Waals surface area contributed by atoms with Gasteiger partial charge in [-0.15, -0.1) is 0 Å². The van der Waals surface area contributed by atoms with Gasteiger partial charge in [-0.25, -0.2) is 4.79 Å². The molecule has 0 saturated heterocycles. The normalized spacial score (nSPS) is 12.8. The van der Waals surface area contributed by atoms with Crippen molar-refractivity contribution in [3.8, 4) is 11.1 Å². The maximum atomic E-state index is 13.2. The van der Waals surface area contributed by atoms with E-state index in [-0.39, 0.29) is 31.4 Å². The van der Waals surface area contributed by atoms with Gasteiger partial charge < -0.3 is 20.1 Å². The minimum absolute atomic E-state index is 0.0766. The van der Waals surface area contributed by atoms with Crippen LogP contribution in [-0.4, -0.2) is 53.7 Å². The maximum absolute atomic E-state index is 13.2. The highest BCUT2D eigenvalue weighted by Crippen LogP contribution is 2.44. The van der Waals surface area contributed by atoms with Gasteiger partial charge in [-0.3, -0.25) is 9.59 Å². The summed E-state index contributed by atoms with van der Waals surface area (Å²) in [7, 11) is 0. The zero-order chi connectivity index (χ0) is 25.4. The number of hydrogen-bond acceptors (Lipinski definition) is 4. The summed E-state index contributed by atoms with van der Waals surface area (Å²) < 4.78 is 5.63. The maximum Gasteiger partial charge on any atom is 0.407 e. The highest BCUT2D eigenvalue weighted by Gasteiger charge is 2.30. The highest BCUT2D eigenvalue weighted by atomic mass is 16.5. The molecule has 0 radical (unpaired) electrons. The Labute approximate surface area is 206 Å². The fourth-order valence-electron chi connectivity index (χ4n) is 4.41. The molecule has 0 saturated carbocycles. The summed E-state index contributed by atoms with van der Waals surface area (Å²) in [6.07, 6.45) is 2.06. The molecule has 0 spiro atoms. The number of benzene rings is 2. The molecule has 0 bridgehead atoms. The number of alkyl carbamates (subject to hydrolysis) is 1. The van der Waals surface area contributed by atoms with Crippen molar-refractivity contribution >= 4 is 18.0 Å². The van der Waals surface area contributed by atoms with E-state index >= 15 is 0 Å². The van der Waals surface area contributed by atoms with Crippen molar-refractivity contribution in [2.45, 2.75) is 52.0 Å². The van der Waals surface area contributed by atoms with Crippen molar-refractivity contribution in [2.24, 2.45) is 0 Å². The molecule has 1 atom stereocenters. The molecule has 0 aromatic heterocycles. The number of nitrogens with one attached hydrogen (secondary N) is 1. The van der Waals surface area contributed by atoms with E-state index in [0.717, 1.165) is 27.8 Å². The Bertz CT molecular complexity index is 1040. The number of carbonyl (C=O) groups is 3. The zero-order valence-electron chi connectivity index (χ0n) is 20.6. The van der Waals surface area contributed by atoms with Gasteiger partial charge in [0.2, 0.25) is 5.91 Å². The summed E-state index contributed by atoms with van der Waals surface area (Å²) in [5.41, 5.74) is 5.53. The zero-order valence-corrected chi connectivity index (χ0v) is 20.6. The van der Waals surface area contributed by atoms with E-state index in [2.05, 4.69) is 17.4 Å². The first-order valence-corrected chi connectivity index (χ1v) is 12.1. The second-order valence-corrected chi connectivity index (χ2v) is 9.01. The lowest BCUT2D eigenvalue weighted by Gasteiger charge is -2.27. The Morgan fingerprint density at radius 3 is 2.17 bits per heavy atom. The van der Waals surface area contributed by atoms with Crippen molar-refractivity contribution < 1.29 is 24.2 Å². The number of nitrogens with zero attached hydrogens (tertiary/aromatic N) is 1. The van der Waals surface area contributed by atoms with Crippen LogP contribution >= 0.6 is 0 Å². The SMILES string of the molecule is CCCN(CCC(=O)O)C(=O)C(CC=C(C)C)NC(=O)OCC1c2ccccc2-c2ccccc21. The highest BCUT2D eigenvalue weighted by molar-refractivity contribution is 5.86. The fourth-order valence-corrected chi connectivity index (χ4v) is 4.41. The largest absolute Gasteiger partial charge is 0.481 e. The molecule has 7 heteroatoms. The molecule has 0 heterocycles. The van der Waals surface area contributed by atoms with Crippen molar-refractivity contribution in [1.29, 1.82) is 0 Å². The summed E-state index contributed by atoms with van der Waals surface area (Å²) in [4.78, 5) is 38.6. The molecule has 1 unspecified atom stereocenters. The van der Waals surface area contributed by atoms with Gasteiger partial charge in [0.25, 0.3) is 0 Å². The third kappa shape index (κ3) is 6.72. The van der Waals surface area contributed by atoms with Gasteiger partial charge in [0, 0.05) is 19.0 Å². The lowest BCUT2D eigenvalue weighted by atomic mass is 9.98. The second-order valence-electron chi connectivity index (χ2n) is 9.01. The predicted octanol–water partition coefficient (Wildman–Crippen LogP) is 4.96. The molecule has 2 aromatic carbocycles. The number of hydrogen-bond donors (Lipinski definition) is 2. The Hall–Kier alpha value is -3.61. The number of carboxylic acids is 1. The van der Waals surface area contributed by atoms with E-state index in [1.807, 2.05) is 63.2 Å². The van der Waals surface area contributed by atoms with Crippen LogP contribution in [0.1, 0.15) is 57.1 Å². The van der Waals surface area contributed by atoms with E-state index < -0.39 is 18.1 Å². The molecule has 35 heavy (non-hydrogen) atoms. The van der Waals surface area contributed by atoms with Gasteiger partial charge in [-0.05, 0) is 48.9 Å². The van der Waals surface area contributed by atoms with Crippen LogP contribution in [0.4, 0.5) is 4.79 Å². The number of fused-ring (bicyclic) bond motifs is 3. The summed E-state index contributed by atoms with van der Waals surface area (Å²) in [6.45, 7) is 6.43. The van der Waals surface area contributed by atoms with Crippen LogP contribution in [0, 0.1) is 0 Å². The Morgan fingerprint density at radius 2 is 1.63 bits per heavy atom. The summed E-state index contributed by atoms with van der Waals surface area (Å²) in [5, 5.41) is 11.8. The molecule has 3 rings (SSSR count). The molecule has 186 valence electrons. The van der Waals surface area contributed by atoms with E-state index in [1.54, 1.807) is 0 Å². The fraction of sp³-hybridized carbons (Fsp3) is 0.393. The lowest BCUT2D eigenvalue weighted by Crippen LogP contribution is -2.49. The Morgan fingerprint density at radius 1 is 1.03 bits per heavy atom. The van der Waals surface area contributed by atoms with Crippen molar-refractivity contribution in [2.75, 3.05) is 19.7 Å². The van der Waals surface area contributed by atoms with Crippen LogP contribution in [0.15, 0.2) is 60.2 Å². The van der Waals surface area contributed by atoms with Gasteiger partial charge in [0.15, 0.2) is 0 Å². The smallest absolute Gasteiger partial charge is 0.407 e.